The molecule has 0 amide bonds. The van der Waals surface area contributed by atoms with Crippen LogP contribution in [0.25, 0.3) is 11.4 Å². The van der Waals surface area contributed by atoms with E-state index < -0.39 is 47.7 Å². The minimum atomic E-state index is -1.09. The van der Waals surface area contributed by atoms with E-state index in [0.717, 1.165) is 11.8 Å². The second-order valence-corrected chi connectivity index (χ2v) is 10.6. The summed E-state index contributed by atoms with van der Waals surface area (Å²) < 4.78 is 24.3. The van der Waals surface area contributed by atoms with E-state index in [1.807, 2.05) is 6.07 Å². The zero-order chi connectivity index (χ0) is 28.1. The molecule has 2 unspecified atom stereocenters. The van der Waals surface area contributed by atoms with E-state index >= 15 is 0 Å². The Labute approximate surface area is 236 Å². The van der Waals surface area contributed by atoms with Gasteiger partial charge in [-0.1, -0.05) is 28.6 Å². The van der Waals surface area contributed by atoms with Gasteiger partial charge >= 0.3 is 17.9 Å². The lowest BCUT2D eigenvalue weighted by Gasteiger charge is -2.44. The number of nitriles is 1. The van der Waals surface area contributed by atoms with Crippen molar-refractivity contribution in [2.24, 2.45) is 0 Å². The van der Waals surface area contributed by atoms with E-state index in [2.05, 4.69) is 15.3 Å². The molecule has 12 nitrogen and oxygen atoms in total. The summed E-state index contributed by atoms with van der Waals surface area (Å²) in [5, 5.41) is 19.7. The van der Waals surface area contributed by atoms with Gasteiger partial charge in [0.05, 0.1) is 22.3 Å². The van der Waals surface area contributed by atoms with Crippen LogP contribution in [-0.2, 0) is 33.3 Å². The van der Waals surface area contributed by atoms with Crippen molar-refractivity contribution in [3.8, 4) is 17.5 Å². The highest BCUT2D eigenvalue weighted by atomic mass is 35.5. The smallest absolute Gasteiger partial charge is 0.303 e. The molecule has 5 atom stereocenters. The summed E-state index contributed by atoms with van der Waals surface area (Å²) >= 11 is 8.78. The lowest BCUT2D eigenvalue weighted by atomic mass is 9.96. The van der Waals surface area contributed by atoms with Crippen molar-refractivity contribution in [3.05, 3.63) is 45.9 Å². The number of hydrogen-bond acceptors (Lipinski definition) is 13. The van der Waals surface area contributed by atoms with Crippen molar-refractivity contribution in [2.45, 2.75) is 55.5 Å². The number of thioether (sulfide) groups is 1. The van der Waals surface area contributed by atoms with Crippen molar-refractivity contribution in [2.75, 3.05) is 6.61 Å². The van der Waals surface area contributed by atoms with Crippen LogP contribution in [0, 0.1) is 11.3 Å². The summed E-state index contributed by atoms with van der Waals surface area (Å²) in [6, 6.07) is 5.89. The molecule has 15 heteroatoms. The highest BCUT2D eigenvalue weighted by Gasteiger charge is 2.52. The number of nitrogens with zero attached hydrogens (tertiary/aromatic N) is 5. The number of carbonyl (C=O) groups is 3. The van der Waals surface area contributed by atoms with Gasteiger partial charge in [-0.25, -0.2) is 9.67 Å². The summed E-state index contributed by atoms with van der Waals surface area (Å²) in [6.07, 6.45) is -1.50. The van der Waals surface area contributed by atoms with Gasteiger partial charge in [-0.15, -0.1) is 16.4 Å². The molecule has 3 aromatic rings. The highest BCUT2D eigenvalue weighted by molar-refractivity contribution is 7.99. The Morgan fingerprint density at radius 2 is 1.90 bits per heavy atom. The zero-order valence-electron chi connectivity index (χ0n) is 20.8. The number of carbonyl (C=O) groups excluding carboxylic acids is 3. The predicted octanol–water partition coefficient (Wildman–Crippen LogP) is 3.41. The maximum atomic E-state index is 12.3. The largest absolute Gasteiger partial charge is 0.463 e. The van der Waals surface area contributed by atoms with Crippen molar-refractivity contribution < 1.29 is 33.3 Å². The standard InChI is InChI=1S/C24H22ClN5O7S2/c1-12(31)34-9-20-22(35-13(2)32)21(30-8-18(28-29-30)19-10-38-11-27-19)23(36-14(3)33)24(37-20)39-16-5-4-15(7-26)17(25)6-16/h4-6,8,10-11,20-24H,9H2,1-3H3/t20?,21-,22-,23?,24+/m0/s1. The summed E-state index contributed by atoms with van der Waals surface area (Å²) in [7, 11) is 0. The van der Waals surface area contributed by atoms with E-state index in [0.29, 0.717) is 21.8 Å². The van der Waals surface area contributed by atoms with Crippen LogP contribution in [0.5, 0.6) is 0 Å². The van der Waals surface area contributed by atoms with E-state index in [1.54, 1.807) is 35.3 Å². The summed E-state index contributed by atoms with van der Waals surface area (Å²) in [4.78, 5) is 40.9. The Kier molecular flexibility index (Phi) is 9.18. The molecule has 3 heterocycles. The van der Waals surface area contributed by atoms with Crippen LogP contribution in [0.15, 0.2) is 40.2 Å². The van der Waals surface area contributed by atoms with Gasteiger partial charge in [0.1, 0.15) is 41.6 Å². The fourth-order valence-electron chi connectivity index (χ4n) is 3.95. The molecule has 2 aromatic heterocycles. The maximum absolute atomic E-state index is 12.3. The number of aromatic nitrogens is 4. The van der Waals surface area contributed by atoms with E-state index in [4.69, 9.17) is 30.5 Å². The molecule has 1 aromatic carbocycles. The summed E-state index contributed by atoms with van der Waals surface area (Å²) in [5.41, 5.74) is 2.07. The first kappa shape index (κ1) is 28.5. The third-order valence-electron chi connectivity index (χ3n) is 5.50. The molecular weight excluding hydrogens is 570 g/mol. The first-order valence-electron chi connectivity index (χ1n) is 11.5. The van der Waals surface area contributed by atoms with Gasteiger partial charge in [0, 0.05) is 31.0 Å². The van der Waals surface area contributed by atoms with Gasteiger partial charge in [-0.3, -0.25) is 14.4 Å². The number of thiazole rings is 1. The van der Waals surface area contributed by atoms with Gasteiger partial charge in [0.2, 0.25) is 0 Å². The third kappa shape index (κ3) is 6.93. The first-order valence-corrected chi connectivity index (χ1v) is 13.7. The molecule has 1 saturated heterocycles. The zero-order valence-corrected chi connectivity index (χ0v) is 23.2. The number of ether oxygens (including phenoxy) is 4. The monoisotopic (exact) mass is 591 g/mol. The average molecular weight is 592 g/mol. The van der Waals surface area contributed by atoms with Crippen LogP contribution in [0.2, 0.25) is 5.02 Å². The molecule has 4 rings (SSSR count). The summed E-state index contributed by atoms with van der Waals surface area (Å²) in [5.74, 6) is -1.81. The maximum Gasteiger partial charge on any atom is 0.303 e. The Morgan fingerprint density at radius 3 is 2.51 bits per heavy atom. The number of halogens is 1. The molecule has 0 spiro atoms. The summed E-state index contributed by atoms with van der Waals surface area (Å²) in [6.45, 7) is 3.45. The minimum absolute atomic E-state index is 0.234. The van der Waals surface area contributed by atoms with Crippen molar-refractivity contribution in [3.63, 3.8) is 0 Å². The average Bonchev–Trinajstić information content (AvgIpc) is 3.56. The van der Waals surface area contributed by atoms with Gasteiger partial charge in [-0.05, 0) is 18.2 Å². The Bertz CT molecular complexity index is 1390. The molecule has 0 aliphatic carbocycles. The predicted molar refractivity (Wildman–Crippen MR) is 139 cm³/mol. The molecule has 0 N–H and O–H groups in total. The van der Waals surface area contributed by atoms with Gasteiger partial charge in [-0.2, -0.15) is 5.26 Å². The van der Waals surface area contributed by atoms with Gasteiger partial charge in [0.15, 0.2) is 12.2 Å². The lowest BCUT2D eigenvalue weighted by molar-refractivity contribution is -0.212. The SMILES string of the molecule is CC(=O)OCC1O[C@H](Sc2ccc(C#N)c(Cl)c2)C(OC(C)=O)[C@@H](n2cc(-c3cscn3)nn2)[C@H]1OC(C)=O. The van der Waals surface area contributed by atoms with Crippen LogP contribution in [0.4, 0.5) is 0 Å². The van der Waals surface area contributed by atoms with Crippen LogP contribution < -0.4 is 0 Å². The molecule has 1 aliphatic heterocycles. The van der Waals surface area contributed by atoms with E-state index in [1.165, 1.54) is 36.8 Å². The van der Waals surface area contributed by atoms with Crippen LogP contribution in [0.1, 0.15) is 32.4 Å². The molecule has 1 aliphatic rings. The fraction of sp³-hybridized carbons (Fsp3) is 0.375. The molecule has 0 radical (unpaired) electrons. The molecule has 0 bridgehead atoms. The molecular formula is C24H22ClN5O7S2. The normalized spacial score (nSPS) is 22.5. The Hall–Kier alpha value is -3.51. The van der Waals surface area contributed by atoms with Gasteiger partial charge in [0.25, 0.3) is 0 Å². The molecule has 1 fully saturated rings. The number of esters is 3. The van der Waals surface area contributed by atoms with E-state index in [9.17, 15) is 19.6 Å². The highest BCUT2D eigenvalue weighted by Crippen LogP contribution is 2.42. The second kappa shape index (κ2) is 12.6. The van der Waals surface area contributed by atoms with Crippen LogP contribution in [-0.4, -0.2) is 68.2 Å². The van der Waals surface area contributed by atoms with Crippen molar-refractivity contribution in [1.82, 2.24) is 20.0 Å². The van der Waals surface area contributed by atoms with Gasteiger partial charge < -0.3 is 18.9 Å². The lowest BCUT2D eigenvalue weighted by Crippen LogP contribution is -2.57. The number of rotatable bonds is 8. The van der Waals surface area contributed by atoms with Crippen LogP contribution in [0.3, 0.4) is 0 Å². The minimum Gasteiger partial charge on any atom is -0.463 e. The molecule has 39 heavy (non-hydrogen) atoms. The topological polar surface area (TPSA) is 156 Å². The number of hydrogen-bond donors (Lipinski definition) is 0. The van der Waals surface area contributed by atoms with Crippen LogP contribution >= 0.6 is 34.7 Å². The molecule has 204 valence electrons. The Balaban J connectivity index is 1.79. The molecule has 0 saturated carbocycles. The van der Waals surface area contributed by atoms with Crippen molar-refractivity contribution in [1.29, 1.82) is 5.26 Å². The number of benzene rings is 1. The fourth-order valence-corrected chi connectivity index (χ4v) is 5.93. The third-order valence-corrected chi connectivity index (χ3v) is 7.53. The van der Waals surface area contributed by atoms with E-state index in [-0.39, 0.29) is 11.6 Å². The quantitative estimate of drug-likeness (QED) is 0.278. The first-order chi connectivity index (χ1) is 18.7. The Morgan fingerprint density at radius 1 is 1.15 bits per heavy atom. The second-order valence-electron chi connectivity index (χ2n) is 8.31. The van der Waals surface area contributed by atoms with Crippen molar-refractivity contribution >= 4 is 52.6 Å².